The number of aliphatic carboxylic acids is 1. The molecule has 0 aliphatic carbocycles. The first-order valence-electron chi connectivity index (χ1n) is 5.40. The molecule has 6 heteroatoms. The third kappa shape index (κ3) is 4.00. The van der Waals surface area contributed by atoms with Gasteiger partial charge < -0.3 is 10.4 Å². The van der Waals surface area contributed by atoms with Crippen LogP contribution in [0.15, 0.2) is 18.2 Å². The highest BCUT2D eigenvalue weighted by atomic mass is 35.5. The minimum absolute atomic E-state index is 0.0805. The minimum Gasteiger partial charge on any atom is -0.480 e. The van der Waals surface area contributed by atoms with Crippen LogP contribution in [0.5, 0.6) is 0 Å². The zero-order valence-electron chi connectivity index (χ0n) is 9.74. The summed E-state index contributed by atoms with van der Waals surface area (Å²) in [5.74, 6) is -2.03. The van der Waals surface area contributed by atoms with Crippen molar-refractivity contribution >= 4 is 23.5 Å². The highest BCUT2D eigenvalue weighted by molar-refractivity contribution is 6.31. The van der Waals surface area contributed by atoms with E-state index in [9.17, 15) is 14.0 Å². The summed E-state index contributed by atoms with van der Waals surface area (Å²) in [7, 11) is 0. The Morgan fingerprint density at radius 1 is 1.50 bits per heavy atom. The van der Waals surface area contributed by atoms with Crippen LogP contribution in [0.4, 0.5) is 4.39 Å². The Kier molecular flexibility index (Phi) is 5.09. The summed E-state index contributed by atoms with van der Waals surface area (Å²) in [6.07, 6.45) is 0.209. The molecule has 1 rings (SSSR count). The third-order valence-electron chi connectivity index (χ3n) is 2.41. The van der Waals surface area contributed by atoms with Gasteiger partial charge in [-0.05, 0) is 24.1 Å². The van der Waals surface area contributed by atoms with E-state index in [1.165, 1.54) is 12.1 Å². The maximum absolute atomic E-state index is 12.8. The number of carbonyl (C=O) groups is 2. The molecule has 0 saturated carbocycles. The largest absolute Gasteiger partial charge is 0.480 e. The first-order valence-corrected chi connectivity index (χ1v) is 5.78. The number of rotatable bonds is 5. The second-order valence-corrected chi connectivity index (χ2v) is 4.19. The molecule has 0 aliphatic heterocycles. The highest BCUT2D eigenvalue weighted by Gasteiger charge is 2.18. The smallest absolute Gasteiger partial charge is 0.326 e. The summed E-state index contributed by atoms with van der Waals surface area (Å²) in [6, 6.07) is 2.79. The van der Waals surface area contributed by atoms with Gasteiger partial charge in [0.25, 0.3) is 0 Å². The van der Waals surface area contributed by atoms with E-state index in [-0.39, 0.29) is 17.9 Å². The SMILES string of the molecule is CCC(NC(=O)Cc1ccc(F)cc1Cl)C(=O)O. The molecule has 0 bridgehead atoms. The van der Waals surface area contributed by atoms with E-state index >= 15 is 0 Å². The van der Waals surface area contributed by atoms with Crippen molar-refractivity contribution in [1.82, 2.24) is 5.32 Å². The average molecular weight is 274 g/mol. The Bertz CT molecular complexity index is 465. The fraction of sp³-hybridized carbons (Fsp3) is 0.333. The van der Waals surface area contributed by atoms with Crippen molar-refractivity contribution in [3.05, 3.63) is 34.6 Å². The molecule has 0 radical (unpaired) electrons. The number of carboxylic acids is 1. The fourth-order valence-corrected chi connectivity index (χ4v) is 1.66. The van der Waals surface area contributed by atoms with E-state index in [1.807, 2.05) is 0 Å². The van der Waals surface area contributed by atoms with Gasteiger partial charge in [-0.15, -0.1) is 0 Å². The van der Waals surface area contributed by atoms with Crippen LogP contribution in [0.25, 0.3) is 0 Å². The van der Waals surface area contributed by atoms with Gasteiger partial charge in [0.05, 0.1) is 6.42 Å². The molecule has 0 aromatic heterocycles. The van der Waals surface area contributed by atoms with Crippen molar-refractivity contribution in [3.63, 3.8) is 0 Å². The summed E-state index contributed by atoms with van der Waals surface area (Å²) in [5, 5.41) is 11.3. The monoisotopic (exact) mass is 273 g/mol. The standard InChI is InChI=1S/C12H13ClFNO3/c1-2-10(12(17)18)15-11(16)5-7-3-4-8(14)6-9(7)13/h3-4,6,10H,2,5H2,1H3,(H,15,16)(H,17,18). The number of nitrogens with one attached hydrogen (secondary N) is 1. The van der Waals surface area contributed by atoms with Crippen LogP contribution in [-0.4, -0.2) is 23.0 Å². The summed E-state index contributed by atoms with van der Waals surface area (Å²) < 4.78 is 12.8. The average Bonchev–Trinajstić information content (AvgIpc) is 2.29. The fourth-order valence-electron chi connectivity index (χ4n) is 1.42. The molecule has 0 heterocycles. The lowest BCUT2D eigenvalue weighted by atomic mass is 10.1. The molecule has 1 amide bonds. The van der Waals surface area contributed by atoms with E-state index in [0.29, 0.717) is 5.56 Å². The number of carbonyl (C=O) groups excluding carboxylic acids is 1. The molecule has 0 spiro atoms. The van der Waals surface area contributed by atoms with Gasteiger partial charge in [-0.1, -0.05) is 24.6 Å². The molecular formula is C12H13ClFNO3. The molecule has 0 saturated heterocycles. The Labute approximate surface area is 109 Å². The Morgan fingerprint density at radius 3 is 2.67 bits per heavy atom. The van der Waals surface area contributed by atoms with Gasteiger partial charge in [-0.2, -0.15) is 0 Å². The minimum atomic E-state index is -1.09. The maximum atomic E-state index is 12.8. The van der Waals surface area contributed by atoms with Crippen molar-refractivity contribution in [2.75, 3.05) is 0 Å². The summed E-state index contributed by atoms with van der Waals surface area (Å²) in [6.45, 7) is 1.66. The summed E-state index contributed by atoms with van der Waals surface area (Å²) in [4.78, 5) is 22.3. The van der Waals surface area contributed by atoms with E-state index in [1.54, 1.807) is 6.92 Å². The zero-order valence-corrected chi connectivity index (χ0v) is 10.5. The van der Waals surface area contributed by atoms with Gasteiger partial charge in [0.15, 0.2) is 0 Å². The zero-order chi connectivity index (χ0) is 13.7. The molecule has 0 aliphatic rings. The predicted molar refractivity (Wildman–Crippen MR) is 65.0 cm³/mol. The van der Waals surface area contributed by atoms with Crippen LogP contribution in [0, 0.1) is 5.82 Å². The molecule has 1 aromatic rings. The van der Waals surface area contributed by atoms with Crippen molar-refractivity contribution < 1.29 is 19.1 Å². The number of hydrogen-bond donors (Lipinski definition) is 2. The number of hydrogen-bond acceptors (Lipinski definition) is 2. The van der Waals surface area contributed by atoms with Gasteiger partial charge >= 0.3 is 5.97 Å². The molecule has 18 heavy (non-hydrogen) atoms. The Morgan fingerprint density at radius 2 is 2.17 bits per heavy atom. The first-order chi connectivity index (χ1) is 8.43. The van der Waals surface area contributed by atoms with E-state index in [2.05, 4.69) is 5.32 Å². The summed E-state index contributed by atoms with van der Waals surface area (Å²) >= 11 is 5.77. The van der Waals surface area contributed by atoms with E-state index in [4.69, 9.17) is 16.7 Å². The topological polar surface area (TPSA) is 66.4 Å². The van der Waals surface area contributed by atoms with Crippen molar-refractivity contribution in [2.24, 2.45) is 0 Å². The number of amides is 1. The second-order valence-electron chi connectivity index (χ2n) is 3.78. The molecule has 1 aromatic carbocycles. The lowest BCUT2D eigenvalue weighted by Gasteiger charge is -2.12. The van der Waals surface area contributed by atoms with Crippen LogP contribution in [0.3, 0.4) is 0 Å². The molecule has 1 atom stereocenters. The lowest BCUT2D eigenvalue weighted by molar-refractivity contribution is -0.141. The Hall–Kier alpha value is -1.62. The van der Waals surface area contributed by atoms with Crippen LogP contribution in [0.2, 0.25) is 5.02 Å². The molecule has 4 nitrogen and oxygen atoms in total. The van der Waals surface area contributed by atoms with E-state index in [0.717, 1.165) is 6.07 Å². The van der Waals surface area contributed by atoms with Crippen molar-refractivity contribution in [1.29, 1.82) is 0 Å². The summed E-state index contributed by atoms with van der Waals surface area (Å²) in [5.41, 5.74) is 0.454. The predicted octanol–water partition coefficient (Wildman–Crippen LogP) is 2.00. The second kappa shape index (κ2) is 6.35. The van der Waals surface area contributed by atoms with Gasteiger partial charge in [0.1, 0.15) is 11.9 Å². The number of benzene rings is 1. The maximum Gasteiger partial charge on any atom is 0.326 e. The molecule has 98 valence electrons. The lowest BCUT2D eigenvalue weighted by Crippen LogP contribution is -2.41. The molecule has 2 N–H and O–H groups in total. The van der Waals surface area contributed by atoms with Gasteiger partial charge in [-0.25, -0.2) is 9.18 Å². The normalized spacial score (nSPS) is 11.9. The number of carboxylic acid groups (broad SMARTS) is 1. The van der Waals surface area contributed by atoms with Crippen LogP contribution >= 0.6 is 11.6 Å². The van der Waals surface area contributed by atoms with Gasteiger partial charge in [0, 0.05) is 5.02 Å². The van der Waals surface area contributed by atoms with Crippen molar-refractivity contribution in [2.45, 2.75) is 25.8 Å². The molecule has 1 unspecified atom stereocenters. The van der Waals surface area contributed by atoms with Gasteiger partial charge in [0.2, 0.25) is 5.91 Å². The number of halogens is 2. The van der Waals surface area contributed by atoms with Gasteiger partial charge in [-0.3, -0.25) is 4.79 Å². The Balaban J connectivity index is 2.67. The molecular weight excluding hydrogens is 261 g/mol. The van der Waals surface area contributed by atoms with Crippen LogP contribution in [-0.2, 0) is 16.0 Å². The molecule has 0 fully saturated rings. The highest BCUT2D eigenvalue weighted by Crippen LogP contribution is 2.17. The van der Waals surface area contributed by atoms with Crippen LogP contribution in [0.1, 0.15) is 18.9 Å². The van der Waals surface area contributed by atoms with Crippen molar-refractivity contribution in [3.8, 4) is 0 Å². The quantitative estimate of drug-likeness (QED) is 0.862. The van der Waals surface area contributed by atoms with E-state index < -0.39 is 23.7 Å². The first kappa shape index (κ1) is 14.4. The van der Waals surface area contributed by atoms with Crippen LogP contribution < -0.4 is 5.32 Å². The third-order valence-corrected chi connectivity index (χ3v) is 2.76.